The van der Waals surface area contributed by atoms with E-state index in [1.807, 2.05) is 18.2 Å². The van der Waals surface area contributed by atoms with Gasteiger partial charge >= 0.3 is 0 Å². The van der Waals surface area contributed by atoms with Crippen LogP contribution in [0.15, 0.2) is 23.2 Å². The van der Waals surface area contributed by atoms with Crippen LogP contribution >= 0.6 is 11.6 Å². The third-order valence-electron chi connectivity index (χ3n) is 4.76. The Morgan fingerprint density at radius 1 is 1.35 bits per heavy atom. The van der Waals surface area contributed by atoms with Gasteiger partial charge in [-0.3, -0.25) is 9.89 Å². The molecule has 1 aliphatic heterocycles. The number of hydrogen-bond acceptors (Lipinski definition) is 4. The van der Waals surface area contributed by atoms with Crippen molar-refractivity contribution in [3.05, 3.63) is 28.8 Å². The Bertz CT molecular complexity index is 583. The van der Waals surface area contributed by atoms with E-state index in [9.17, 15) is 0 Å². The van der Waals surface area contributed by atoms with Gasteiger partial charge in [-0.1, -0.05) is 17.7 Å². The van der Waals surface area contributed by atoms with Gasteiger partial charge in [0.05, 0.1) is 13.7 Å². The van der Waals surface area contributed by atoms with Crippen LogP contribution in [0.2, 0.25) is 5.02 Å². The molecule has 0 spiro atoms. The normalized spacial score (nSPS) is 18.2. The van der Waals surface area contributed by atoms with Gasteiger partial charge in [0.2, 0.25) is 0 Å². The molecule has 7 heteroatoms. The summed E-state index contributed by atoms with van der Waals surface area (Å²) in [6, 6.07) is 6.33. The van der Waals surface area contributed by atoms with Crippen molar-refractivity contribution in [1.29, 1.82) is 0 Å². The summed E-state index contributed by atoms with van der Waals surface area (Å²) < 4.78 is 10.4. The van der Waals surface area contributed by atoms with Crippen LogP contribution in [0, 0.1) is 0 Å². The molecule has 1 aromatic rings. The number of methoxy groups -OCH3 is 2. The van der Waals surface area contributed by atoms with Crippen molar-refractivity contribution in [3.8, 4) is 5.75 Å². The number of nitrogens with zero attached hydrogens (tertiary/aromatic N) is 2. The molecule has 1 fully saturated rings. The fourth-order valence-corrected chi connectivity index (χ4v) is 3.50. The molecule has 1 atom stereocenters. The zero-order valence-electron chi connectivity index (χ0n) is 16.1. The first-order valence-electron chi connectivity index (χ1n) is 9.17. The summed E-state index contributed by atoms with van der Waals surface area (Å²) in [7, 11) is 5.19. The van der Waals surface area contributed by atoms with Crippen molar-refractivity contribution in [1.82, 2.24) is 15.5 Å². The first-order chi connectivity index (χ1) is 12.7. The van der Waals surface area contributed by atoms with E-state index in [2.05, 4.69) is 20.5 Å². The number of guanidine groups is 1. The highest BCUT2D eigenvalue weighted by atomic mass is 35.5. The van der Waals surface area contributed by atoms with Gasteiger partial charge in [-0.05, 0) is 43.5 Å². The highest BCUT2D eigenvalue weighted by Gasteiger charge is 2.23. The fourth-order valence-electron chi connectivity index (χ4n) is 3.24. The lowest BCUT2D eigenvalue weighted by Crippen LogP contribution is -2.45. The number of benzene rings is 1. The summed E-state index contributed by atoms with van der Waals surface area (Å²) in [5, 5.41) is 7.53. The lowest BCUT2D eigenvalue weighted by Gasteiger charge is -2.25. The molecule has 1 unspecified atom stereocenters. The van der Waals surface area contributed by atoms with Crippen LogP contribution in [0.3, 0.4) is 0 Å². The molecule has 6 nitrogen and oxygen atoms in total. The molecule has 0 aromatic heterocycles. The molecule has 1 aromatic carbocycles. The summed E-state index contributed by atoms with van der Waals surface area (Å²) >= 11 is 6.29. The zero-order valence-corrected chi connectivity index (χ0v) is 16.8. The summed E-state index contributed by atoms with van der Waals surface area (Å²) in [6.45, 7) is 4.59. The number of likely N-dealkylation sites (tertiary alicyclic amines) is 1. The average molecular weight is 383 g/mol. The van der Waals surface area contributed by atoms with Gasteiger partial charge in [0.15, 0.2) is 5.96 Å². The van der Waals surface area contributed by atoms with Crippen molar-refractivity contribution >= 4 is 17.6 Å². The van der Waals surface area contributed by atoms with E-state index in [1.165, 1.54) is 12.8 Å². The SMILES string of the molecule is CN=C(NCCc1ccc(OC)cc1Cl)NCC1CCCN1CCOC. The molecule has 0 bridgehead atoms. The van der Waals surface area contributed by atoms with Crippen LogP contribution < -0.4 is 15.4 Å². The molecule has 0 aliphatic carbocycles. The number of ether oxygens (including phenoxy) is 2. The molecule has 1 heterocycles. The highest BCUT2D eigenvalue weighted by Crippen LogP contribution is 2.22. The van der Waals surface area contributed by atoms with Gasteiger partial charge in [0.1, 0.15) is 5.75 Å². The maximum atomic E-state index is 6.29. The second-order valence-corrected chi connectivity index (χ2v) is 6.82. The molecule has 0 saturated carbocycles. The maximum absolute atomic E-state index is 6.29. The molecule has 146 valence electrons. The largest absolute Gasteiger partial charge is 0.497 e. The highest BCUT2D eigenvalue weighted by molar-refractivity contribution is 6.31. The van der Waals surface area contributed by atoms with Crippen molar-refractivity contribution in [2.75, 3.05) is 54.1 Å². The van der Waals surface area contributed by atoms with Crippen LogP contribution in [-0.4, -0.2) is 71.0 Å². The number of hydrogen-bond donors (Lipinski definition) is 2. The van der Waals surface area contributed by atoms with E-state index in [0.717, 1.165) is 61.5 Å². The maximum Gasteiger partial charge on any atom is 0.191 e. The summed E-state index contributed by atoms with van der Waals surface area (Å²) in [5.41, 5.74) is 1.09. The smallest absolute Gasteiger partial charge is 0.191 e. The van der Waals surface area contributed by atoms with E-state index in [4.69, 9.17) is 21.1 Å². The van der Waals surface area contributed by atoms with Crippen LogP contribution in [0.1, 0.15) is 18.4 Å². The Morgan fingerprint density at radius 2 is 2.19 bits per heavy atom. The number of aliphatic imine (C=N–C) groups is 1. The van der Waals surface area contributed by atoms with Crippen LogP contribution in [0.25, 0.3) is 0 Å². The second kappa shape index (κ2) is 11.3. The average Bonchev–Trinajstić information content (AvgIpc) is 3.11. The second-order valence-electron chi connectivity index (χ2n) is 6.41. The molecular weight excluding hydrogens is 352 g/mol. The third-order valence-corrected chi connectivity index (χ3v) is 5.11. The number of nitrogens with one attached hydrogen (secondary N) is 2. The van der Waals surface area contributed by atoms with Gasteiger partial charge in [0, 0.05) is 44.9 Å². The molecule has 2 N–H and O–H groups in total. The predicted octanol–water partition coefficient (Wildman–Crippen LogP) is 2.17. The summed E-state index contributed by atoms with van der Waals surface area (Å²) in [5.74, 6) is 1.60. The van der Waals surface area contributed by atoms with Crippen molar-refractivity contribution < 1.29 is 9.47 Å². The Kier molecular flexibility index (Phi) is 9.01. The molecule has 1 saturated heterocycles. The van der Waals surface area contributed by atoms with Gasteiger partial charge in [-0.15, -0.1) is 0 Å². The van der Waals surface area contributed by atoms with Crippen LogP contribution in [0.4, 0.5) is 0 Å². The standard InChI is InChI=1S/C19H31ClN4O2/c1-21-19(23-14-16-5-4-10-24(16)11-12-25-2)22-9-8-15-6-7-17(26-3)13-18(15)20/h6-7,13,16H,4-5,8-12,14H2,1-3H3,(H2,21,22,23). The van der Waals surface area contributed by atoms with Gasteiger partial charge < -0.3 is 20.1 Å². The first kappa shape index (κ1) is 20.8. The molecule has 1 aliphatic rings. The minimum atomic E-state index is 0.541. The summed E-state index contributed by atoms with van der Waals surface area (Å²) in [6.07, 6.45) is 3.29. The Morgan fingerprint density at radius 3 is 2.88 bits per heavy atom. The number of rotatable bonds is 9. The Balaban J connectivity index is 1.74. The minimum Gasteiger partial charge on any atom is -0.497 e. The van der Waals surface area contributed by atoms with Crippen LogP contribution in [-0.2, 0) is 11.2 Å². The number of halogens is 1. The lowest BCUT2D eigenvalue weighted by atomic mass is 10.1. The van der Waals surface area contributed by atoms with Crippen LogP contribution in [0.5, 0.6) is 5.75 Å². The van der Waals surface area contributed by atoms with E-state index < -0.39 is 0 Å². The topological polar surface area (TPSA) is 58.1 Å². The lowest BCUT2D eigenvalue weighted by molar-refractivity contribution is 0.141. The Hall–Kier alpha value is -1.50. The van der Waals surface area contributed by atoms with Crippen molar-refractivity contribution in [2.24, 2.45) is 4.99 Å². The van der Waals surface area contributed by atoms with Gasteiger partial charge in [-0.2, -0.15) is 0 Å². The first-order valence-corrected chi connectivity index (χ1v) is 9.55. The fraction of sp³-hybridized carbons (Fsp3) is 0.632. The zero-order chi connectivity index (χ0) is 18.8. The third kappa shape index (κ3) is 6.34. The van der Waals surface area contributed by atoms with Crippen molar-refractivity contribution in [2.45, 2.75) is 25.3 Å². The van der Waals surface area contributed by atoms with E-state index in [-0.39, 0.29) is 0 Å². The van der Waals surface area contributed by atoms with Gasteiger partial charge in [-0.25, -0.2) is 0 Å². The van der Waals surface area contributed by atoms with E-state index in [0.29, 0.717) is 6.04 Å². The molecule has 0 radical (unpaired) electrons. The predicted molar refractivity (Wildman–Crippen MR) is 108 cm³/mol. The molecular formula is C19H31ClN4O2. The van der Waals surface area contributed by atoms with Gasteiger partial charge in [0.25, 0.3) is 0 Å². The van der Waals surface area contributed by atoms with Crippen molar-refractivity contribution in [3.63, 3.8) is 0 Å². The Labute approximate surface area is 161 Å². The minimum absolute atomic E-state index is 0.541. The molecule has 2 rings (SSSR count). The van der Waals surface area contributed by atoms with E-state index >= 15 is 0 Å². The monoisotopic (exact) mass is 382 g/mol. The summed E-state index contributed by atoms with van der Waals surface area (Å²) in [4.78, 5) is 6.80. The molecule has 0 amide bonds. The van der Waals surface area contributed by atoms with E-state index in [1.54, 1.807) is 21.3 Å². The molecule has 26 heavy (non-hydrogen) atoms. The quantitative estimate of drug-likeness (QED) is 0.506.